The Morgan fingerprint density at radius 3 is 2.94 bits per heavy atom. The van der Waals surface area contributed by atoms with Gasteiger partial charge in [0.15, 0.2) is 0 Å². The number of hydrazine groups is 1. The molecular formula is C22H22ClFN4O3. The summed E-state index contributed by atoms with van der Waals surface area (Å²) in [5, 5.41) is 3.43. The second kappa shape index (κ2) is 8.19. The van der Waals surface area contributed by atoms with Gasteiger partial charge in [-0.1, -0.05) is 23.7 Å². The minimum atomic E-state index is -1.02. The van der Waals surface area contributed by atoms with E-state index in [0.717, 1.165) is 11.1 Å². The van der Waals surface area contributed by atoms with Crippen LogP contribution in [0.3, 0.4) is 0 Å². The molecule has 7 nitrogen and oxygen atoms in total. The largest absolute Gasteiger partial charge is 0.449 e. The summed E-state index contributed by atoms with van der Waals surface area (Å²) >= 11 is 6.13. The third-order valence-electron chi connectivity index (χ3n) is 5.74. The highest BCUT2D eigenvalue weighted by Crippen LogP contribution is 2.53. The van der Waals surface area contributed by atoms with Crippen LogP contribution >= 0.6 is 11.6 Å². The molecule has 4 rings (SSSR count). The van der Waals surface area contributed by atoms with Gasteiger partial charge in [0.05, 0.1) is 12.6 Å². The van der Waals surface area contributed by atoms with Crippen molar-refractivity contribution in [2.75, 3.05) is 11.9 Å². The second-order valence-corrected chi connectivity index (χ2v) is 8.00. The number of amides is 2. The first-order chi connectivity index (χ1) is 14.8. The number of aryl methyl sites for hydroxylation is 1. The van der Waals surface area contributed by atoms with E-state index in [-0.39, 0.29) is 12.5 Å². The van der Waals surface area contributed by atoms with E-state index in [1.54, 1.807) is 25.1 Å². The van der Waals surface area contributed by atoms with Crippen LogP contribution in [0.2, 0.25) is 5.02 Å². The number of fused-ring (bicyclic) bond motifs is 2. The van der Waals surface area contributed by atoms with E-state index < -0.39 is 23.4 Å². The van der Waals surface area contributed by atoms with Gasteiger partial charge in [-0.05, 0) is 61.2 Å². The van der Waals surface area contributed by atoms with Crippen molar-refractivity contribution in [3.63, 3.8) is 0 Å². The van der Waals surface area contributed by atoms with E-state index in [4.69, 9.17) is 21.3 Å². The van der Waals surface area contributed by atoms with Gasteiger partial charge in [-0.3, -0.25) is 15.2 Å². The Balaban J connectivity index is 1.80. The summed E-state index contributed by atoms with van der Waals surface area (Å²) in [4.78, 5) is 29.8. The molecule has 9 heteroatoms. The molecule has 2 aromatic rings. The van der Waals surface area contributed by atoms with Crippen LogP contribution in [-0.4, -0.2) is 24.4 Å². The number of rotatable bonds is 2. The van der Waals surface area contributed by atoms with Crippen LogP contribution in [0.15, 0.2) is 41.4 Å². The van der Waals surface area contributed by atoms with Crippen molar-refractivity contribution in [3.05, 3.63) is 63.9 Å². The van der Waals surface area contributed by atoms with Gasteiger partial charge in [-0.15, -0.1) is 0 Å². The number of carbonyl (C=O) groups is 2. The standard InChI is InChI=1S/C22H22ClFN4O3/c1-3-31-21(30)28-27-18-8-9-22(16-7-5-13(23)10-17(16)25-20(22)29)19(26-18)15-11-14(24)6-4-12(15)2/h4-7,10-11,19H,3,8-9H2,1-2H3,(H,25,29)(H,26,27)(H,28,30)/t19-,22-/m1/s1. The zero-order valence-electron chi connectivity index (χ0n) is 17.1. The predicted molar refractivity (Wildman–Crippen MR) is 116 cm³/mol. The van der Waals surface area contributed by atoms with Gasteiger partial charge in [0.1, 0.15) is 17.1 Å². The van der Waals surface area contributed by atoms with Crippen molar-refractivity contribution in [3.8, 4) is 0 Å². The molecule has 0 saturated heterocycles. The Hall–Kier alpha value is -3.13. The van der Waals surface area contributed by atoms with Crippen molar-refractivity contribution < 1.29 is 18.7 Å². The molecular weight excluding hydrogens is 423 g/mol. The van der Waals surface area contributed by atoms with Gasteiger partial charge >= 0.3 is 6.09 Å². The Bertz CT molecular complexity index is 1090. The molecule has 2 aliphatic rings. The van der Waals surface area contributed by atoms with Crippen molar-refractivity contribution >= 4 is 35.1 Å². The summed E-state index contributed by atoms with van der Waals surface area (Å²) in [6.45, 7) is 3.78. The molecule has 0 saturated carbocycles. The highest BCUT2D eigenvalue weighted by atomic mass is 35.5. The molecule has 162 valence electrons. The summed E-state index contributed by atoms with van der Waals surface area (Å²) < 4.78 is 19.1. The number of carbonyl (C=O) groups excluding carboxylic acids is 2. The lowest BCUT2D eigenvalue weighted by Gasteiger charge is -2.38. The van der Waals surface area contributed by atoms with Crippen LogP contribution in [0.1, 0.15) is 42.5 Å². The van der Waals surface area contributed by atoms with Gasteiger partial charge in [-0.2, -0.15) is 0 Å². The number of hydrogen-bond acceptors (Lipinski definition) is 5. The SMILES string of the molecule is CCOC(=O)NNC1=N[C@H](c2cc(F)ccc2C)[C@]2(CC1)C(=O)Nc1cc(Cl)ccc12. The number of nitrogens with zero attached hydrogens (tertiary/aromatic N) is 1. The van der Waals surface area contributed by atoms with E-state index in [0.29, 0.717) is 35.0 Å². The van der Waals surface area contributed by atoms with Crippen LogP contribution in [0, 0.1) is 12.7 Å². The van der Waals surface area contributed by atoms with Crippen LogP contribution < -0.4 is 16.2 Å². The molecule has 0 aliphatic carbocycles. The minimum absolute atomic E-state index is 0.209. The Morgan fingerprint density at radius 2 is 2.16 bits per heavy atom. The zero-order chi connectivity index (χ0) is 22.2. The van der Waals surface area contributed by atoms with Crippen LogP contribution in [0.4, 0.5) is 14.9 Å². The molecule has 31 heavy (non-hydrogen) atoms. The van der Waals surface area contributed by atoms with E-state index in [2.05, 4.69) is 16.2 Å². The molecule has 0 bridgehead atoms. The Kier molecular flexibility index (Phi) is 5.58. The molecule has 0 radical (unpaired) electrons. The average molecular weight is 445 g/mol. The van der Waals surface area contributed by atoms with E-state index >= 15 is 0 Å². The molecule has 0 fully saturated rings. The van der Waals surface area contributed by atoms with E-state index in [1.807, 2.05) is 13.0 Å². The number of aliphatic imine (C=N–C) groups is 1. The fraction of sp³-hybridized carbons (Fsp3) is 0.318. The molecule has 0 aromatic heterocycles. The number of ether oxygens (including phenoxy) is 1. The number of benzene rings is 2. The normalized spacial score (nSPS) is 21.9. The van der Waals surface area contributed by atoms with Gasteiger partial charge in [0.25, 0.3) is 0 Å². The highest BCUT2D eigenvalue weighted by Gasteiger charge is 2.55. The van der Waals surface area contributed by atoms with Gasteiger partial charge < -0.3 is 10.1 Å². The first-order valence-corrected chi connectivity index (χ1v) is 10.4. The molecule has 2 amide bonds. The Labute approximate surface area is 184 Å². The van der Waals surface area contributed by atoms with Gasteiger partial charge in [0.2, 0.25) is 5.91 Å². The molecule has 2 aromatic carbocycles. The highest BCUT2D eigenvalue weighted by molar-refractivity contribution is 6.31. The number of hydrogen-bond donors (Lipinski definition) is 3. The summed E-state index contributed by atoms with van der Waals surface area (Å²) in [6.07, 6.45) is 0.166. The smallest absolute Gasteiger partial charge is 0.425 e. The lowest BCUT2D eigenvalue weighted by atomic mass is 9.67. The second-order valence-electron chi connectivity index (χ2n) is 7.57. The number of nitrogens with one attached hydrogen (secondary N) is 3. The third-order valence-corrected chi connectivity index (χ3v) is 5.98. The summed E-state index contributed by atoms with van der Waals surface area (Å²) in [5.74, 6) is -0.146. The first kappa shape index (κ1) is 21.1. The van der Waals surface area contributed by atoms with E-state index in [1.165, 1.54) is 12.1 Å². The number of halogens is 2. The number of amidine groups is 1. The van der Waals surface area contributed by atoms with Crippen LogP contribution in [0.5, 0.6) is 0 Å². The van der Waals surface area contributed by atoms with Crippen molar-refractivity contribution in [2.24, 2.45) is 4.99 Å². The maximum Gasteiger partial charge on any atom is 0.425 e. The minimum Gasteiger partial charge on any atom is -0.449 e. The zero-order valence-corrected chi connectivity index (χ0v) is 17.8. The summed E-state index contributed by atoms with van der Waals surface area (Å²) in [7, 11) is 0. The topological polar surface area (TPSA) is 91.8 Å². The molecule has 2 aliphatic heterocycles. The molecule has 1 spiro atoms. The maximum absolute atomic E-state index is 14.2. The molecule has 3 N–H and O–H groups in total. The molecule has 0 unspecified atom stereocenters. The fourth-order valence-corrected chi connectivity index (χ4v) is 4.47. The summed E-state index contributed by atoms with van der Waals surface area (Å²) in [6, 6.07) is 9.02. The quantitative estimate of drug-likeness (QED) is 0.606. The lowest BCUT2D eigenvalue weighted by molar-refractivity contribution is -0.122. The fourth-order valence-electron chi connectivity index (χ4n) is 4.29. The van der Waals surface area contributed by atoms with Crippen molar-refractivity contribution in [2.45, 2.75) is 38.1 Å². The van der Waals surface area contributed by atoms with Crippen molar-refractivity contribution in [1.29, 1.82) is 0 Å². The predicted octanol–water partition coefficient (Wildman–Crippen LogP) is 4.16. The first-order valence-electron chi connectivity index (χ1n) is 9.98. The maximum atomic E-state index is 14.2. The molecule has 2 heterocycles. The van der Waals surface area contributed by atoms with Crippen LogP contribution in [0.25, 0.3) is 0 Å². The third kappa shape index (κ3) is 3.72. The Morgan fingerprint density at radius 1 is 1.35 bits per heavy atom. The van der Waals surface area contributed by atoms with E-state index in [9.17, 15) is 14.0 Å². The average Bonchev–Trinajstić information content (AvgIpc) is 3.00. The number of anilines is 1. The summed E-state index contributed by atoms with van der Waals surface area (Å²) in [5.41, 5.74) is 7.01. The van der Waals surface area contributed by atoms with Crippen molar-refractivity contribution in [1.82, 2.24) is 10.9 Å². The monoisotopic (exact) mass is 444 g/mol. The lowest BCUT2D eigenvalue weighted by Crippen LogP contribution is -2.48. The molecule has 2 atom stereocenters. The van der Waals surface area contributed by atoms with Crippen LogP contribution in [-0.2, 0) is 14.9 Å². The van der Waals surface area contributed by atoms with Gasteiger partial charge in [0, 0.05) is 17.1 Å². The van der Waals surface area contributed by atoms with Gasteiger partial charge in [-0.25, -0.2) is 14.6 Å².